The fraction of sp³-hybridized carbons (Fsp3) is 0.615. The average Bonchev–Trinajstić information content (AvgIpc) is 2.85. The van der Waals surface area contributed by atoms with Crippen LogP contribution in [0.5, 0.6) is 0 Å². The molecule has 3 atom stereocenters. The summed E-state index contributed by atoms with van der Waals surface area (Å²) in [6, 6.07) is 3.49. The molecule has 0 spiro atoms. The van der Waals surface area contributed by atoms with Crippen LogP contribution >= 0.6 is 15.9 Å². The van der Waals surface area contributed by atoms with E-state index in [2.05, 4.69) is 21.2 Å². The van der Waals surface area contributed by atoms with Crippen LogP contribution in [0.15, 0.2) is 21.2 Å². The van der Waals surface area contributed by atoms with Crippen LogP contribution < -0.4 is 5.32 Å². The lowest BCUT2D eigenvalue weighted by Crippen LogP contribution is -2.49. The highest BCUT2D eigenvalue weighted by Gasteiger charge is 2.34. The van der Waals surface area contributed by atoms with Crippen molar-refractivity contribution in [3.05, 3.63) is 22.6 Å². The third-order valence-corrected chi connectivity index (χ3v) is 4.04. The lowest BCUT2D eigenvalue weighted by Gasteiger charge is -2.38. The van der Waals surface area contributed by atoms with Gasteiger partial charge in [0.05, 0.1) is 25.4 Å². The molecule has 0 radical (unpaired) electrons. The summed E-state index contributed by atoms with van der Waals surface area (Å²) in [4.78, 5) is 12.0. The predicted molar refractivity (Wildman–Crippen MR) is 71.0 cm³/mol. The summed E-state index contributed by atoms with van der Waals surface area (Å²) in [5.74, 6) is 0.153. The highest BCUT2D eigenvalue weighted by molar-refractivity contribution is 9.10. The van der Waals surface area contributed by atoms with Crippen LogP contribution in [0, 0.1) is 0 Å². The van der Waals surface area contributed by atoms with Crippen LogP contribution in [0.4, 0.5) is 0 Å². The van der Waals surface area contributed by atoms with E-state index in [0.717, 1.165) is 19.3 Å². The quantitative estimate of drug-likeness (QED) is 0.902. The SMILES string of the molecule is O=C(N[C@@H]1CC[C@H]2OCCO[C@@H]2C1)c1ccc(Br)o1. The van der Waals surface area contributed by atoms with Gasteiger partial charge in [-0.3, -0.25) is 4.79 Å². The molecule has 0 unspecified atom stereocenters. The summed E-state index contributed by atoms with van der Waals surface area (Å²) in [7, 11) is 0. The van der Waals surface area contributed by atoms with Gasteiger partial charge in [-0.15, -0.1) is 0 Å². The zero-order chi connectivity index (χ0) is 13.2. The molecule has 104 valence electrons. The molecule has 0 bridgehead atoms. The number of halogens is 1. The van der Waals surface area contributed by atoms with E-state index in [0.29, 0.717) is 23.6 Å². The lowest BCUT2D eigenvalue weighted by molar-refractivity contribution is -0.157. The van der Waals surface area contributed by atoms with Gasteiger partial charge in [0.2, 0.25) is 0 Å². The van der Waals surface area contributed by atoms with Crippen molar-refractivity contribution in [1.29, 1.82) is 0 Å². The van der Waals surface area contributed by atoms with Crippen LogP contribution in [-0.2, 0) is 9.47 Å². The normalized spacial score (nSPS) is 30.7. The second-order valence-electron chi connectivity index (χ2n) is 4.91. The third kappa shape index (κ3) is 3.01. The molecule has 1 amide bonds. The highest BCUT2D eigenvalue weighted by atomic mass is 79.9. The zero-order valence-electron chi connectivity index (χ0n) is 10.4. The molecule has 6 heteroatoms. The molecule has 5 nitrogen and oxygen atoms in total. The second-order valence-corrected chi connectivity index (χ2v) is 5.69. The molecule has 1 saturated carbocycles. The van der Waals surface area contributed by atoms with E-state index in [1.165, 1.54) is 0 Å². The maximum Gasteiger partial charge on any atom is 0.287 e. The summed E-state index contributed by atoms with van der Waals surface area (Å²) in [6.07, 6.45) is 2.95. The fourth-order valence-corrected chi connectivity index (χ4v) is 3.00. The smallest absolute Gasteiger partial charge is 0.287 e. The predicted octanol–water partition coefficient (Wildman–Crippen LogP) is 2.11. The van der Waals surface area contributed by atoms with Gasteiger partial charge in [0.15, 0.2) is 10.4 Å². The number of hydrogen-bond acceptors (Lipinski definition) is 4. The van der Waals surface area contributed by atoms with Crippen molar-refractivity contribution in [1.82, 2.24) is 5.32 Å². The van der Waals surface area contributed by atoms with E-state index in [4.69, 9.17) is 13.9 Å². The number of carbonyl (C=O) groups is 1. The van der Waals surface area contributed by atoms with E-state index < -0.39 is 0 Å². The minimum atomic E-state index is -0.175. The molecule has 19 heavy (non-hydrogen) atoms. The van der Waals surface area contributed by atoms with Crippen molar-refractivity contribution >= 4 is 21.8 Å². The molecule has 1 aliphatic carbocycles. The Morgan fingerprint density at radius 2 is 2.00 bits per heavy atom. The molecule has 1 aliphatic heterocycles. The minimum absolute atomic E-state index is 0.108. The molecule has 2 aliphatic rings. The molecule has 0 aromatic carbocycles. The van der Waals surface area contributed by atoms with Crippen LogP contribution in [0.2, 0.25) is 0 Å². The summed E-state index contributed by atoms with van der Waals surface area (Å²) in [5, 5.41) is 2.99. The van der Waals surface area contributed by atoms with Crippen molar-refractivity contribution < 1.29 is 18.7 Å². The summed E-state index contributed by atoms with van der Waals surface area (Å²) in [5.41, 5.74) is 0. The number of ether oxygens (including phenoxy) is 2. The van der Waals surface area contributed by atoms with Crippen LogP contribution in [0.1, 0.15) is 29.8 Å². The standard InChI is InChI=1S/C13H16BrNO4/c14-12-4-3-10(19-12)13(16)15-8-1-2-9-11(7-8)18-6-5-17-9/h3-4,8-9,11H,1-2,5-7H2,(H,15,16)/t8-,9-,11-/m1/s1. The second kappa shape index (κ2) is 5.64. The molecule has 1 aromatic heterocycles. The van der Waals surface area contributed by atoms with Gasteiger partial charge in [-0.25, -0.2) is 0 Å². The van der Waals surface area contributed by atoms with Crippen LogP contribution in [-0.4, -0.2) is 37.4 Å². The maximum absolute atomic E-state index is 12.0. The number of fused-ring (bicyclic) bond motifs is 1. The summed E-state index contributed by atoms with van der Waals surface area (Å²) < 4.78 is 17.2. The zero-order valence-corrected chi connectivity index (χ0v) is 12.0. The first-order valence-electron chi connectivity index (χ1n) is 6.52. The minimum Gasteiger partial charge on any atom is -0.444 e. The maximum atomic E-state index is 12.0. The Hall–Kier alpha value is -0.850. The van der Waals surface area contributed by atoms with Gasteiger partial charge in [0.1, 0.15) is 0 Å². The monoisotopic (exact) mass is 329 g/mol. The number of amides is 1. The number of nitrogens with one attached hydrogen (secondary N) is 1. The Balaban J connectivity index is 1.57. The Morgan fingerprint density at radius 3 is 2.74 bits per heavy atom. The van der Waals surface area contributed by atoms with Crippen molar-refractivity contribution in [3.8, 4) is 0 Å². The first-order valence-corrected chi connectivity index (χ1v) is 7.31. The van der Waals surface area contributed by atoms with Gasteiger partial charge in [-0.05, 0) is 47.3 Å². The average molecular weight is 330 g/mol. The third-order valence-electron chi connectivity index (χ3n) is 3.61. The van der Waals surface area contributed by atoms with Gasteiger partial charge >= 0.3 is 0 Å². The largest absolute Gasteiger partial charge is 0.444 e. The molecule has 1 N–H and O–H groups in total. The topological polar surface area (TPSA) is 60.7 Å². The summed E-state index contributed by atoms with van der Waals surface area (Å²) >= 11 is 3.19. The van der Waals surface area contributed by atoms with Gasteiger partial charge in [-0.1, -0.05) is 0 Å². The van der Waals surface area contributed by atoms with Crippen molar-refractivity contribution in [2.24, 2.45) is 0 Å². The van der Waals surface area contributed by atoms with E-state index >= 15 is 0 Å². The Bertz CT molecular complexity index is 461. The molecular weight excluding hydrogens is 314 g/mol. The molecule has 3 rings (SSSR count). The Kier molecular flexibility index (Phi) is 3.91. The van der Waals surface area contributed by atoms with Gasteiger partial charge in [0.25, 0.3) is 5.91 Å². The van der Waals surface area contributed by atoms with Gasteiger partial charge in [0, 0.05) is 6.04 Å². The molecular formula is C13H16BrNO4. The first-order chi connectivity index (χ1) is 9.22. The molecule has 1 saturated heterocycles. The fourth-order valence-electron chi connectivity index (χ4n) is 2.69. The van der Waals surface area contributed by atoms with Crippen molar-refractivity contribution in [2.45, 2.75) is 37.5 Å². The Morgan fingerprint density at radius 1 is 1.21 bits per heavy atom. The van der Waals surface area contributed by atoms with E-state index in [1.807, 2.05) is 0 Å². The first kappa shape index (κ1) is 13.1. The van der Waals surface area contributed by atoms with Crippen molar-refractivity contribution in [3.63, 3.8) is 0 Å². The van der Waals surface area contributed by atoms with Gasteiger partial charge < -0.3 is 19.2 Å². The number of rotatable bonds is 2. The number of furan rings is 1. The van der Waals surface area contributed by atoms with Gasteiger partial charge in [-0.2, -0.15) is 0 Å². The van der Waals surface area contributed by atoms with Crippen LogP contribution in [0.3, 0.4) is 0 Å². The Labute approximate surface area is 119 Å². The molecule has 2 heterocycles. The molecule has 1 aromatic rings. The van der Waals surface area contributed by atoms with E-state index in [-0.39, 0.29) is 24.2 Å². The lowest BCUT2D eigenvalue weighted by atomic mass is 9.89. The van der Waals surface area contributed by atoms with E-state index in [9.17, 15) is 4.79 Å². The number of hydrogen-bond donors (Lipinski definition) is 1. The van der Waals surface area contributed by atoms with Crippen molar-refractivity contribution in [2.75, 3.05) is 13.2 Å². The summed E-state index contributed by atoms with van der Waals surface area (Å²) in [6.45, 7) is 1.32. The molecule has 2 fully saturated rings. The highest BCUT2D eigenvalue weighted by Crippen LogP contribution is 2.27. The number of carbonyl (C=O) groups excluding carboxylic acids is 1. The van der Waals surface area contributed by atoms with Crippen LogP contribution in [0.25, 0.3) is 0 Å². The van der Waals surface area contributed by atoms with E-state index in [1.54, 1.807) is 12.1 Å².